The van der Waals surface area contributed by atoms with Crippen molar-refractivity contribution in [2.45, 2.75) is 13.0 Å². The molecule has 0 aliphatic heterocycles. The summed E-state index contributed by atoms with van der Waals surface area (Å²) < 4.78 is 0. The fourth-order valence-corrected chi connectivity index (χ4v) is 2.99. The average Bonchev–Trinajstić information content (AvgIpc) is 2.80. The summed E-state index contributed by atoms with van der Waals surface area (Å²) in [6, 6.07) is 14.9. The van der Waals surface area contributed by atoms with Crippen LogP contribution in [0, 0.1) is 0 Å². The lowest BCUT2D eigenvalue weighted by molar-refractivity contribution is 0.102. The van der Waals surface area contributed by atoms with Crippen LogP contribution in [-0.2, 0) is 0 Å². The maximum absolute atomic E-state index is 12.4. The van der Waals surface area contributed by atoms with Gasteiger partial charge in [0.2, 0.25) is 0 Å². The molecule has 0 fully saturated rings. The molecule has 7 heteroatoms. The molecule has 0 saturated carbocycles. The number of benzene rings is 1. The lowest BCUT2D eigenvalue weighted by Gasteiger charge is -2.16. The third-order valence-electron chi connectivity index (χ3n) is 4.54. The maximum atomic E-state index is 12.4. The highest BCUT2D eigenvalue weighted by Gasteiger charge is 2.10. The number of nitrogens with one attached hydrogen (secondary N) is 2. The molecule has 4 aromatic rings. The lowest BCUT2D eigenvalue weighted by Crippen LogP contribution is -2.13. The summed E-state index contributed by atoms with van der Waals surface area (Å²) in [6.07, 6.45) is 10.0. The second-order valence-electron chi connectivity index (χ2n) is 6.71. The first kappa shape index (κ1) is 19.2. The summed E-state index contributed by atoms with van der Waals surface area (Å²) in [7, 11) is 0. The molecule has 0 aliphatic rings. The Morgan fingerprint density at radius 3 is 2.57 bits per heavy atom. The molecule has 1 aromatic carbocycles. The number of carbonyl (C=O) groups is 1. The first-order valence-electron chi connectivity index (χ1n) is 9.49. The first-order valence-corrected chi connectivity index (χ1v) is 9.49. The molecule has 7 nitrogen and oxygen atoms in total. The van der Waals surface area contributed by atoms with E-state index < -0.39 is 0 Å². The van der Waals surface area contributed by atoms with Crippen molar-refractivity contribution in [3.63, 3.8) is 0 Å². The predicted octanol–water partition coefficient (Wildman–Crippen LogP) is 4.36. The predicted molar refractivity (Wildman–Crippen MR) is 116 cm³/mol. The quantitative estimate of drug-likeness (QED) is 0.503. The highest BCUT2D eigenvalue weighted by molar-refractivity contribution is 6.04. The molecule has 0 unspecified atom stereocenters. The van der Waals surface area contributed by atoms with Crippen molar-refractivity contribution in [3.05, 3.63) is 96.8 Å². The Morgan fingerprint density at radius 1 is 0.900 bits per heavy atom. The van der Waals surface area contributed by atoms with Crippen LogP contribution in [0.1, 0.15) is 28.9 Å². The molecule has 0 aliphatic carbocycles. The van der Waals surface area contributed by atoms with Gasteiger partial charge in [-0.2, -0.15) is 0 Å². The van der Waals surface area contributed by atoms with Crippen LogP contribution in [-0.4, -0.2) is 25.8 Å². The molecule has 30 heavy (non-hydrogen) atoms. The van der Waals surface area contributed by atoms with Gasteiger partial charge in [-0.15, -0.1) is 0 Å². The number of nitrogens with zero attached hydrogens (tertiary/aromatic N) is 4. The Balaban J connectivity index is 1.47. The molecule has 1 atom stereocenters. The summed E-state index contributed by atoms with van der Waals surface area (Å²) in [6.45, 7) is 2.03. The van der Waals surface area contributed by atoms with E-state index >= 15 is 0 Å². The lowest BCUT2D eigenvalue weighted by atomic mass is 10.1. The Morgan fingerprint density at radius 2 is 1.77 bits per heavy atom. The molecule has 0 radical (unpaired) electrons. The molecule has 3 heterocycles. The number of pyridine rings is 2. The minimum absolute atomic E-state index is 0.0396. The zero-order valence-electron chi connectivity index (χ0n) is 16.4. The molecule has 1 amide bonds. The van der Waals surface area contributed by atoms with Crippen molar-refractivity contribution in [3.8, 4) is 11.3 Å². The van der Waals surface area contributed by atoms with Crippen molar-refractivity contribution in [1.29, 1.82) is 0 Å². The molecular formula is C23H20N6O. The summed E-state index contributed by atoms with van der Waals surface area (Å²) in [4.78, 5) is 29.3. The maximum Gasteiger partial charge on any atom is 0.257 e. The zero-order chi connectivity index (χ0) is 20.8. The van der Waals surface area contributed by atoms with Gasteiger partial charge >= 0.3 is 0 Å². The van der Waals surface area contributed by atoms with E-state index in [-0.39, 0.29) is 11.9 Å². The van der Waals surface area contributed by atoms with Gasteiger partial charge in [-0.25, -0.2) is 4.98 Å². The summed E-state index contributed by atoms with van der Waals surface area (Å²) in [5, 5.41) is 6.28. The monoisotopic (exact) mass is 396 g/mol. The fourth-order valence-electron chi connectivity index (χ4n) is 2.99. The topological polar surface area (TPSA) is 92.7 Å². The number of rotatable bonds is 6. The van der Waals surface area contributed by atoms with E-state index in [2.05, 4.69) is 30.6 Å². The SMILES string of the molecule is C[C@H](Nc1cncc(-c2ccncc2)n1)c1cccc(NC(=O)c2cccnc2)c1. The van der Waals surface area contributed by atoms with Crippen LogP contribution in [0.25, 0.3) is 11.3 Å². The fraction of sp³-hybridized carbons (Fsp3) is 0.0870. The Bertz CT molecular complexity index is 1130. The molecule has 0 bridgehead atoms. The normalized spacial score (nSPS) is 11.5. The number of amides is 1. The smallest absolute Gasteiger partial charge is 0.257 e. The van der Waals surface area contributed by atoms with Crippen LogP contribution in [0.4, 0.5) is 11.5 Å². The molecule has 3 aromatic heterocycles. The van der Waals surface area contributed by atoms with Gasteiger partial charge in [0, 0.05) is 36.0 Å². The van der Waals surface area contributed by atoms with Gasteiger partial charge in [0.1, 0.15) is 5.82 Å². The molecule has 148 valence electrons. The van der Waals surface area contributed by atoms with Crippen molar-refractivity contribution in [2.24, 2.45) is 0 Å². The highest BCUT2D eigenvalue weighted by Crippen LogP contribution is 2.23. The Hall–Kier alpha value is -4.13. The summed E-state index contributed by atoms with van der Waals surface area (Å²) in [5.74, 6) is 0.471. The van der Waals surface area contributed by atoms with Crippen LogP contribution < -0.4 is 10.6 Å². The van der Waals surface area contributed by atoms with E-state index in [1.54, 1.807) is 43.1 Å². The molecule has 2 N–H and O–H groups in total. The molecule has 0 saturated heterocycles. The van der Waals surface area contributed by atoms with Gasteiger partial charge in [-0.1, -0.05) is 12.1 Å². The Labute approximate surface area is 174 Å². The van der Waals surface area contributed by atoms with Crippen LogP contribution >= 0.6 is 0 Å². The van der Waals surface area contributed by atoms with E-state index in [0.717, 1.165) is 16.8 Å². The third-order valence-corrected chi connectivity index (χ3v) is 4.54. The van der Waals surface area contributed by atoms with E-state index in [0.29, 0.717) is 17.1 Å². The van der Waals surface area contributed by atoms with Crippen molar-refractivity contribution in [2.75, 3.05) is 10.6 Å². The van der Waals surface area contributed by atoms with Gasteiger partial charge in [0.05, 0.1) is 29.7 Å². The molecule has 0 spiro atoms. The van der Waals surface area contributed by atoms with Gasteiger partial charge in [-0.3, -0.25) is 19.7 Å². The average molecular weight is 396 g/mol. The number of hydrogen-bond donors (Lipinski definition) is 2. The second-order valence-corrected chi connectivity index (χ2v) is 6.71. The van der Waals surface area contributed by atoms with E-state index in [1.165, 1.54) is 6.20 Å². The number of anilines is 2. The molecule has 4 rings (SSSR count). The van der Waals surface area contributed by atoms with Gasteiger partial charge < -0.3 is 10.6 Å². The van der Waals surface area contributed by atoms with Crippen molar-refractivity contribution >= 4 is 17.4 Å². The standard InChI is InChI=1S/C23H20N6O/c1-16(27-22-15-26-14-21(29-22)17-7-10-24-11-8-17)18-4-2-6-20(12-18)28-23(30)19-5-3-9-25-13-19/h2-16H,1H3,(H,27,29)(H,28,30)/t16-/m0/s1. The number of hydrogen-bond acceptors (Lipinski definition) is 6. The van der Waals surface area contributed by atoms with Gasteiger partial charge in [-0.05, 0) is 48.9 Å². The third kappa shape index (κ3) is 4.64. The molecular weight excluding hydrogens is 376 g/mol. The van der Waals surface area contributed by atoms with Gasteiger partial charge in [0.25, 0.3) is 5.91 Å². The largest absolute Gasteiger partial charge is 0.362 e. The minimum atomic E-state index is -0.197. The summed E-state index contributed by atoms with van der Waals surface area (Å²) in [5.41, 5.74) is 3.96. The Kier molecular flexibility index (Phi) is 5.70. The number of carbonyl (C=O) groups excluding carboxylic acids is 1. The van der Waals surface area contributed by atoms with E-state index in [9.17, 15) is 4.79 Å². The van der Waals surface area contributed by atoms with E-state index in [4.69, 9.17) is 0 Å². The number of aromatic nitrogens is 4. The van der Waals surface area contributed by atoms with Crippen LogP contribution in [0.5, 0.6) is 0 Å². The minimum Gasteiger partial charge on any atom is -0.362 e. The van der Waals surface area contributed by atoms with Crippen LogP contribution in [0.2, 0.25) is 0 Å². The first-order chi connectivity index (χ1) is 14.7. The van der Waals surface area contributed by atoms with Crippen LogP contribution in [0.15, 0.2) is 85.7 Å². The summed E-state index contributed by atoms with van der Waals surface area (Å²) >= 11 is 0. The zero-order valence-corrected chi connectivity index (χ0v) is 16.4. The van der Waals surface area contributed by atoms with Gasteiger partial charge in [0.15, 0.2) is 0 Å². The van der Waals surface area contributed by atoms with Crippen LogP contribution in [0.3, 0.4) is 0 Å². The second kappa shape index (κ2) is 8.91. The van der Waals surface area contributed by atoms with Crippen molar-refractivity contribution in [1.82, 2.24) is 19.9 Å². The van der Waals surface area contributed by atoms with Crippen molar-refractivity contribution < 1.29 is 4.79 Å². The highest BCUT2D eigenvalue weighted by atomic mass is 16.1. The van der Waals surface area contributed by atoms with E-state index in [1.807, 2.05) is 43.3 Å².